The molecule has 0 unspecified atom stereocenters. The van der Waals surface area contributed by atoms with E-state index in [9.17, 15) is 4.79 Å². The highest BCUT2D eigenvalue weighted by molar-refractivity contribution is 5.86. The first-order valence-electron chi connectivity index (χ1n) is 4.89. The van der Waals surface area contributed by atoms with E-state index in [2.05, 4.69) is 5.16 Å². The van der Waals surface area contributed by atoms with Crippen molar-refractivity contribution in [2.24, 2.45) is 10.9 Å². The van der Waals surface area contributed by atoms with Gasteiger partial charge in [-0.3, -0.25) is 4.79 Å². The minimum atomic E-state index is 0.0564. The molecule has 5 heteroatoms. The molecule has 3 N–H and O–H groups in total. The fourth-order valence-electron chi connectivity index (χ4n) is 1.16. The number of carbonyl (C=O) groups is 1. The lowest BCUT2D eigenvalue weighted by atomic mass is 10.3. The molecule has 5 nitrogen and oxygen atoms in total. The van der Waals surface area contributed by atoms with Crippen LogP contribution in [0.25, 0.3) is 0 Å². The van der Waals surface area contributed by atoms with Gasteiger partial charge in [0, 0.05) is 13.0 Å². The van der Waals surface area contributed by atoms with Crippen molar-refractivity contribution < 1.29 is 10.0 Å². The monoisotopic (exact) mass is 201 g/mol. The van der Waals surface area contributed by atoms with Crippen LogP contribution in [-0.4, -0.2) is 34.9 Å². The molecule has 0 aromatic heterocycles. The van der Waals surface area contributed by atoms with Gasteiger partial charge in [-0.2, -0.15) is 0 Å². The second-order valence-corrected chi connectivity index (χ2v) is 3.16. The van der Waals surface area contributed by atoms with Crippen LogP contribution in [0.3, 0.4) is 0 Å². The number of oxime groups is 1. The average Bonchev–Trinajstić information content (AvgIpc) is 2.17. The van der Waals surface area contributed by atoms with E-state index in [-0.39, 0.29) is 18.3 Å². The molecule has 82 valence electrons. The van der Waals surface area contributed by atoms with Gasteiger partial charge in [-0.15, -0.1) is 0 Å². The van der Waals surface area contributed by atoms with Gasteiger partial charge in [0.2, 0.25) is 5.91 Å². The zero-order valence-electron chi connectivity index (χ0n) is 8.86. The van der Waals surface area contributed by atoms with Crippen LogP contribution in [0.1, 0.15) is 33.1 Å². The van der Waals surface area contributed by atoms with E-state index < -0.39 is 0 Å². The number of hydrogen-bond acceptors (Lipinski definition) is 3. The first-order chi connectivity index (χ1) is 6.65. The highest BCUT2D eigenvalue weighted by Crippen LogP contribution is 1.98. The Morgan fingerprint density at radius 2 is 2.07 bits per heavy atom. The first-order valence-corrected chi connectivity index (χ1v) is 4.89. The molecule has 14 heavy (non-hydrogen) atoms. The van der Waals surface area contributed by atoms with E-state index in [0.29, 0.717) is 13.0 Å². The Bertz CT molecular complexity index is 204. The van der Waals surface area contributed by atoms with E-state index in [4.69, 9.17) is 10.9 Å². The number of amidine groups is 1. The van der Waals surface area contributed by atoms with Crippen molar-refractivity contribution in [2.45, 2.75) is 33.1 Å². The summed E-state index contributed by atoms with van der Waals surface area (Å²) >= 11 is 0. The van der Waals surface area contributed by atoms with Crippen molar-refractivity contribution in [3.05, 3.63) is 0 Å². The summed E-state index contributed by atoms with van der Waals surface area (Å²) < 4.78 is 0. The SMILES string of the molecule is CCCC(=O)N(CCC)CC(N)=NO. The largest absolute Gasteiger partial charge is 0.409 e. The molecule has 0 saturated heterocycles. The molecule has 0 radical (unpaired) electrons. The summed E-state index contributed by atoms with van der Waals surface area (Å²) in [6.45, 7) is 4.79. The standard InChI is InChI=1S/C9H19N3O2/c1-3-5-9(13)12(6-4-2)7-8(10)11-14/h14H,3-7H2,1-2H3,(H2,10,11). The van der Waals surface area contributed by atoms with E-state index in [1.165, 1.54) is 0 Å². The summed E-state index contributed by atoms with van der Waals surface area (Å²) in [5.74, 6) is 0.129. The summed E-state index contributed by atoms with van der Waals surface area (Å²) in [5.41, 5.74) is 5.34. The van der Waals surface area contributed by atoms with Crippen molar-refractivity contribution in [3.63, 3.8) is 0 Å². The van der Waals surface area contributed by atoms with E-state index in [1.807, 2.05) is 13.8 Å². The smallest absolute Gasteiger partial charge is 0.222 e. The Balaban J connectivity index is 4.20. The molecule has 0 heterocycles. The van der Waals surface area contributed by atoms with E-state index in [1.54, 1.807) is 4.90 Å². The highest BCUT2D eigenvalue weighted by atomic mass is 16.4. The molecule has 1 amide bonds. The number of nitrogens with two attached hydrogens (primary N) is 1. The molecule has 0 saturated carbocycles. The molecule has 0 aromatic carbocycles. The van der Waals surface area contributed by atoms with Crippen LogP contribution < -0.4 is 5.73 Å². The minimum Gasteiger partial charge on any atom is -0.409 e. The van der Waals surface area contributed by atoms with E-state index >= 15 is 0 Å². The lowest BCUT2D eigenvalue weighted by Crippen LogP contribution is -2.38. The third-order valence-corrected chi connectivity index (χ3v) is 1.79. The van der Waals surface area contributed by atoms with Crippen LogP contribution in [0, 0.1) is 0 Å². The third-order valence-electron chi connectivity index (χ3n) is 1.79. The van der Waals surface area contributed by atoms with Crippen LogP contribution >= 0.6 is 0 Å². The molecule has 0 spiro atoms. The number of hydrogen-bond donors (Lipinski definition) is 2. The van der Waals surface area contributed by atoms with Crippen molar-refractivity contribution >= 4 is 11.7 Å². The Labute approximate surface area is 84.6 Å². The Morgan fingerprint density at radius 3 is 2.50 bits per heavy atom. The molecule has 0 atom stereocenters. The second-order valence-electron chi connectivity index (χ2n) is 3.16. The van der Waals surface area contributed by atoms with Gasteiger partial charge in [0.25, 0.3) is 0 Å². The topological polar surface area (TPSA) is 78.9 Å². The Kier molecular flexibility index (Phi) is 6.53. The van der Waals surface area contributed by atoms with Crippen LogP contribution in [0.2, 0.25) is 0 Å². The van der Waals surface area contributed by atoms with E-state index in [0.717, 1.165) is 12.8 Å². The third kappa shape index (κ3) is 4.69. The normalized spacial score (nSPS) is 11.4. The van der Waals surface area contributed by atoms with Crippen molar-refractivity contribution in [2.75, 3.05) is 13.1 Å². The average molecular weight is 201 g/mol. The number of rotatable bonds is 6. The number of nitrogens with zero attached hydrogens (tertiary/aromatic N) is 2. The fourth-order valence-corrected chi connectivity index (χ4v) is 1.16. The fraction of sp³-hybridized carbons (Fsp3) is 0.778. The van der Waals surface area contributed by atoms with Gasteiger partial charge in [-0.1, -0.05) is 19.0 Å². The van der Waals surface area contributed by atoms with Gasteiger partial charge < -0.3 is 15.8 Å². The van der Waals surface area contributed by atoms with Gasteiger partial charge in [0.15, 0.2) is 5.84 Å². The molecule has 0 aliphatic carbocycles. The Morgan fingerprint density at radius 1 is 1.43 bits per heavy atom. The van der Waals surface area contributed by atoms with Crippen molar-refractivity contribution in [1.82, 2.24) is 4.90 Å². The summed E-state index contributed by atoms with van der Waals surface area (Å²) in [4.78, 5) is 13.1. The molecule has 0 rings (SSSR count). The zero-order valence-corrected chi connectivity index (χ0v) is 8.86. The van der Waals surface area contributed by atoms with Crippen molar-refractivity contribution in [1.29, 1.82) is 0 Å². The van der Waals surface area contributed by atoms with Gasteiger partial charge in [-0.05, 0) is 12.8 Å². The maximum atomic E-state index is 11.5. The van der Waals surface area contributed by atoms with Gasteiger partial charge in [0.05, 0.1) is 6.54 Å². The molecular formula is C9H19N3O2. The van der Waals surface area contributed by atoms with Crippen LogP contribution in [0.4, 0.5) is 0 Å². The maximum Gasteiger partial charge on any atom is 0.222 e. The van der Waals surface area contributed by atoms with Crippen LogP contribution in [0.15, 0.2) is 5.16 Å². The zero-order chi connectivity index (χ0) is 11.0. The quantitative estimate of drug-likeness (QED) is 0.288. The molecular weight excluding hydrogens is 182 g/mol. The predicted molar refractivity (Wildman–Crippen MR) is 55.2 cm³/mol. The van der Waals surface area contributed by atoms with Crippen LogP contribution in [0.5, 0.6) is 0 Å². The summed E-state index contributed by atoms with van der Waals surface area (Å²) in [6.07, 6.45) is 2.20. The summed E-state index contributed by atoms with van der Waals surface area (Å²) in [7, 11) is 0. The molecule has 0 aliphatic rings. The summed E-state index contributed by atoms with van der Waals surface area (Å²) in [5, 5.41) is 11.2. The summed E-state index contributed by atoms with van der Waals surface area (Å²) in [6, 6.07) is 0. The molecule has 0 fully saturated rings. The highest BCUT2D eigenvalue weighted by Gasteiger charge is 2.12. The van der Waals surface area contributed by atoms with Gasteiger partial charge >= 0.3 is 0 Å². The molecule has 0 aliphatic heterocycles. The molecule has 0 bridgehead atoms. The predicted octanol–water partition coefficient (Wildman–Crippen LogP) is 0.772. The Hall–Kier alpha value is -1.26. The maximum absolute atomic E-state index is 11.5. The first kappa shape index (κ1) is 12.7. The number of carbonyl (C=O) groups excluding carboxylic acids is 1. The lowest BCUT2D eigenvalue weighted by Gasteiger charge is -2.20. The second kappa shape index (κ2) is 7.17. The molecule has 0 aromatic rings. The minimum absolute atomic E-state index is 0.0564. The van der Waals surface area contributed by atoms with Gasteiger partial charge in [0.1, 0.15) is 0 Å². The van der Waals surface area contributed by atoms with Gasteiger partial charge in [-0.25, -0.2) is 0 Å². The van der Waals surface area contributed by atoms with Crippen LogP contribution in [-0.2, 0) is 4.79 Å². The van der Waals surface area contributed by atoms with Crippen molar-refractivity contribution in [3.8, 4) is 0 Å². The lowest BCUT2D eigenvalue weighted by molar-refractivity contribution is -0.130. The number of amides is 1.